The van der Waals surface area contributed by atoms with Crippen LogP contribution >= 0.6 is 11.6 Å². The zero-order valence-corrected chi connectivity index (χ0v) is 12.5. The molecule has 0 bridgehead atoms. The molecule has 0 saturated carbocycles. The fourth-order valence-corrected chi connectivity index (χ4v) is 3.39. The van der Waals surface area contributed by atoms with Gasteiger partial charge in [0.1, 0.15) is 4.90 Å². The van der Waals surface area contributed by atoms with Crippen molar-refractivity contribution in [1.29, 1.82) is 0 Å². The summed E-state index contributed by atoms with van der Waals surface area (Å²) < 4.78 is 40.1. The molecule has 0 aromatic heterocycles. The summed E-state index contributed by atoms with van der Waals surface area (Å²) in [4.78, 5) is 1.73. The van der Waals surface area contributed by atoms with Crippen LogP contribution in [0.1, 0.15) is 0 Å². The Labute approximate surface area is 123 Å². The van der Waals surface area contributed by atoms with Crippen molar-refractivity contribution >= 4 is 21.6 Å². The van der Waals surface area contributed by atoms with Gasteiger partial charge in [0, 0.05) is 39.3 Å². The number of benzene rings is 1. The van der Waals surface area contributed by atoms with Crippen molar-refractivity contribution in [2.75, 3.05) is 39.3 Å². The van der Waals surface area contributed by atoms with Gasteiger partial charge in [-0.3, -0.25) is 4.90 Å². The summed E-state index contributed by atoms with van der Waals surface area (Å²) in [5.41, 5.74) is 0. The lowest BCUT2D eigenvalue weighted by molar-refractivity contribution is 0.245. The molecule has 1 aliphatic rings. The Bertz CT molecular complexity index is 562. The molecule has 0 spiro atoms. The van der Waals surface area contributed by atoms with E-state index in [1.807, 2.05) is 0 Å². The summed E-state index contributed by atoms with van der Waals surface area (Å²) >= 11 is 5.59. The second kappa shape index (κ2) is 6.82. The minimum atomic E-state index is -3.87. The summed E-state index contributed by atoms with van der Waals surface area (Å²) in [5.74, 6) is -0.913. The van der Waals surface area contributed by atoms with E-state index >= 15 is 0 Å². The van der Waals surface area contributed by atoms with Gasteiger partial charge in [0.25, 0.3) is 0 Å². The fraction of sp³-hybridized carbons (Fsp3) is 0.500. The first kappa shape index (κ1) is 15.7. The number of nitrogens with one attached hydrogen (secondary N) is 2. The molecule has 1 fully saturated rings. The third kappa shape index (κ3) is 3.89. The van der Waals surface area contributed by atoms with E-state index in [-0.39, 0.29) is 11.6 Å². The van der Waals surface area contributed by atoms with E-state index in [9.17, 15) is 12.8 Å². The molecule has 2 N–H and O–H groups in total. The molecular formula is C12H17ClFN3O2S. The molecule has 0 aliphatic carbocycles. The Hall–Kier alpha value is -0.730. The van der Waals surface area contributed by atoms with Crippen LogP contribution in [0.25, 0.3) is 0 Å². The number of piperazine rings is 1. The molecule has 5 nitrogen and oxygen atoms in total. The maximum atomic E-state index is 13.7. The van der Waals surface area contributed by atoms with Crippen molar-refractivity contribution in [2.24, 2.45) is 0 Å². The fourth-order valence-electron chi connectivity index (χ4n) is 2.04. The number of hydrogen-bond donors (Lipinski definition) is 2. The van der Waals surface area contributed by atoms with Crippen molar-refractivity contribution in [3.05, 3.63) is 29.0 Å². The Balaban J connectivity index is 1.95. The highest BCUT2D eigenvalue weighted by Gasteiger charge is 2.20. The van der Waals surface area contributed by atoms with Crippen LogP contribution in [0.4, 0.5) is 4.39 Å². The molecule has 2 rings (SSSR count). The molecule has 112 valence electrons. The number of sulfonamides is 1. The van der Waals surface area contributed by atoms with Crippen LogP contribution in [0.2, 0.25) is 5.02 Å². The lowest BCUT2D eigenvalue weighted by atomic mass is 10.3. The first-order valence-corrected chi connectivity index (χ1v) is 8.23. The van der Waals surface area contributed by atoms with Crippen LogP contribution in [-0.2, 0) is 10.0 Å². The second-order valence-corrected chi connectivity index (χ2v) is 6.68. The van der Waals surface area contributed by atoms with Crippen molar-refractivity contribution in [2.45, 2.75) is 4.90 Å². The molecule has 1 saturated heterocycles. The summed E-state index contributed by atoms with van der Waals surface area (Å²) in [5, 5.41) is 3.02. The summed E-state index contributed by atoms with van der Waals surface area (Å²) in [6.07, 6.45) is 0. The highest BCUT2D eigenvalue weighted by Crippen LogP contribution is 2.21. The Morgan fingerprint density at radius 3 is 2.75 bits per heavy atom. The van der Waals surface area contributed by atoms with Crippen molar-refractivity contribution in [1.82, 2.24) is 14.9 Å². The minimum absolute atomic E-state index is 0.199. The molecule has 0 amide bonds. The van der Waals surface area contributed by atoms with Gasteiger partial charge in [-0.05, 0) is 12.1 Å². The molecule has 0 atom stereocenters. The highest BCUT2D eigenvalue weighted by molar-refractivity contribution is 7.89. The summed E-state index contributed by atoms with van der Waals surface area (Å²) in [6.45, 7) is 4.41. The van der Waals surface area contributed by atoms with Crippen LogP contribution < -0.4 is 10.0 Å². The Kier molecular flexibility index (Phi) is 5.34. The lowest BCUT2D eigenvalue weighted by Gasteiger charge is -2.27. The predicted octanol–water partition coefficient (Wildman–Crippen LogP) is 0.663. The van der Waals surface area contributed by atoms with Crippen molar-refractivity contribution in [3.8, 4) is 0 Å². The van der Waals surface area contributed by atoms with Crippen LogP contribution in [0.15, 0.2) is 23.1 Å². The molecule has 8 heteroatoms. The quantitative estimate of drug-likeness (QED) is 0.836. The van der Waals surface area contributed by atoms with Crippen LogP contribution in [0.3, 0.4) is 0 Å². The van der Waals surface area contributed by atoms with Gasteiger partial charge in [-0.1, -0.05) is 17.7 Å². The number of halogens is 2. The minimum Gasteiger partial charge on any atom is -0.314 e. The smallest absolute Gasteiger partial charge is 0.243 e. The van der Waals surface area contributed by atoms with Crippen molar-refractivity contribution < 1.29 is 12.8 Å². The molecule has 1 aromatic rings. The number of rotatable bonds is 5. The molecule has 0 unspecified atom stereocenters. The maximum absolute atomic E-state index is 13.7. The Morgan fingerprint density at radius 2 is 2.05 bits per heavy atom. The zero-order valence-electron chi connectivity index (χ0n) is 10.9. The van der Waals surface area contributed by atoms with Crippen molar-refractivity contribution in [3.63, 3.8) is 0 Å². The van der Waals surface area contributed by atoms with Gasteiger partial charge in [0.15, 0.2) is 5.82 Å². The molecule has 1 aliphatic heterocycles. The molecule has 1 heterocycles. The van der Waals surface area contributed by atoms with Gasteiger partial charge in [-0.25, -0.2) is 17.5 Å². The number of hydrogen-bond acceptors (Lipinski definition) is 4. The molecule has 20 heavy (non-hydrogen) atoms. The zero-order chi connectivity index (χ0) is 14.6. The lowest BCUT2D eigenvalue weighted by Crippen LogP contribution is -2.46. The first-order chi connectivity index (χ1) is 9.50. The van der Waals surface area contributed by atoms with E-state index in [0.29, 0.717) is 6.54 Å². The first-order valence-electron chi connectivity index (χ1n) is 6.37. The topological polar surface area (TPSA) is 61.4 Å². The molecular weight excluding hydrogens is 305 g/mol. The van der Waals surface area contributed by atoms with Gasteiger partial charge < -0.3 is 5.32 Å². The van der Waals surface area contributed by atoms with Gasteiger partial charge in [0.2, 0.25) is 10.0 Å². The predicted molar refractivity (Wildman–Crippen MR) is 75.9 cm³/mol. The maximum Gasteiger partial charge on any atom is 0.243 e. The SMILES string of the molecule is O=S(=O)(NCCN1CCNCC1)c1cccc(Cl)c1F. The average molecular weight is 322 g/mol. The third-order valence-corrected chi connectivity index (χ3v) is 4.91. The molecule has 1 aromatic carbocycles. The largest absolute Gasteiger partial charge is 0.314 e. The van der Waals surface area contributed by atoms with Crippen LogP contribution in [0, 0.1) is 5.82 Å². The normalized spacial score (nSPS) is 17.3. The van der Waals surface area contributed by atoms with Gasteiger partial charge in [0.05, 0.1) is 5.02 Å². The van der Waals surface area contributed by atoms with E-state index in [1.165, 1.54) is 18.2 Å². The van der Waals surface area contributed by atoms with Gasteiger partial charge in [-0.15, -0.1) is 0 Å². The summed E-state index contributed by atoms with van der Waals surface area (Å²) in [6, 6.07) is 3.93. The Morgan fingerprint density at radius 1 is 1.35 bits per heavy atom. The highest BCUT2D eigenvalue weighted by atomic mass is 35.5. The van der Waals surface area contributed by atoms with E-state index in [4.69, 9.17) is 11.6 Å². The number of nitrogens with zero attached hydrogens (tertiary/aromatic N) is 1. The third-order valence-electron chi connectivity index (χ3n) is 3.14. The second-order valence-electron chi connectivity index (χ2n) is 4.54. The van der Waals surface area contributed by atoms with Crippen LogP contribution in [0.5, 0.6) is 0 Å². The van der Waals surface area contributed by atoms with E-state index in [1.54, 1.807) is 0 Å². The standard InChI is InChI=1S/C12H17ClFN3O2S/c13-10-2-1-3-11(12(10)14)20(18,19)16-6-9-17-7-4-15-5-8-17/h1-3,15-16H,4-9H2. The monoisotopic (exact) mass is 321 g/mol. The summed E-state index contributed by atoms with van der Waals surface area (Å²) in [7, 11) is -3.87. The van der Waals surface area contributed by atoms with Crippen LogP contribution in [-0.4, -0.2) is 52.6 Å². The van der Waals surface area contributed by atoms with Gasteiger partial charge >= 0.3 is 0 Å². The van der Waals surface area contributed by atoms with E-state index in [0.717, 1.165) is 26.2 Å². The average Bonchev–Trinajstić information content (AvgIpc) is 2.42. The van der Waals surface area contributed by atoms with E-state index in [2.05, 4.69) is 14.9 Å². The molecule has 0 radical (unpaired) electrons. The van der Waals surface area contributed by atoms with E-state index < -0.39 is 20.7 Å². The van der Waals surface area contributed by atoms with Gasteiger partial charge in [-0.2, -0.15) is 0 Å².